The lowest BCUT2D eigenvalue weighted by atomic mass is 9.95. The van der Waals surface area contributed by atoms with Crippen LogP contribution in [0, 0.1) is 0 Å². The first-order valence-electron chi connectivity index (χ1n) is 12.1. The van der Waals surface area contributed by atoms with Gasteiger partial charge < -0.3 is 22.6 Å². The standard InChI is InChI=1S/C28H29F3O9S2/c1-17(2)13-14-38-22-12-9-19(15-23(22)39-41(5,32)33)25-24(36-3)16-21(26(37-4)27(25)40-42(6,34)35)18-7-10-20(11-8-18)28(29,30)31/h7-13,15-16H,14H2,1-6H3. The molecule has 0 bridgehead atoms. The first kappa shape index (κ1) is 32.6. The molecule has 0 unspecified atom stereocenters. The van der Waals surface area contributed by atoms with Crippen molar-refractivity contribution in [2.24, 2.45) is 0 Å². The Kier molecular flexibility index (Phi) is 9.73. The summed E-state index contributed by atoms with van der Waals surface area (Å²) in [6.45, 7) is 3.83. The first-order chi connectivity index (χ1) is 19.4. The van der Waals surface area contributed by atoms with Crippen LogP contribution in [0.3, 0.4) is 0 Å². The largest absolute Gasteiger partial charge is 0.496 e. The van der Waals surface area contributed by atoms with Crippen LogP contribution in [0.2, 0.25) is 0 Å². The Morgan fingerprint density at radius 3 is 1.86 bits per heavy atom. The van der Waals surface area contributed by atoms with E-state index in [0.717, 1.165) is 30.2 Å². The number of methoxy groups -OCH3 is 2. The number of hydrogen-bond donors (Lipinski definition) is 0. The Hall–Kier alpha value is -3.91. The van der Waals surface area contributed by atoms with Gasteiger partial charge in [-0.1, -0.05) is 23.8 Å². The van der Waals surface area contributed by atoms with Gasteiger partial charge in [-0.15, -0.1) is 0 Å². The SMILES string of the molecule is COc1cc(-c2ccc(C(F)(F)F)cc2)c(OC)c(OS(C)(=O)=O)c1-c1ccc(OCC=C(C)C)c(OS(C)(=O)=O)c1. The smallest absolute Gasteiger partial charge is 0.416 e. The predicted octanol–water partition coefficient (Wildman–Crippen LogP) is 6.08. The van der Waals surface area contributed by atoms with Gasteiger partial charge in [0.25, 0.3) is 0 Å². The molecular weight excluding hydrogens is 601 g/mol. The molecule has 9 nitrogen and oxygen atoms in total. The molecule has 0 radical (unpaired) electrons. The lowest BCUT2D eigenvalue weighted by Gasteiger charge is -2.21. The Balaban J connectivity index is 2.33. The lowest BCUT2D eigenvalue weighted by molar-refractivity contribution is -0.137. The number of rotatable bonds is 11. The van der Waals surface area contributed by atoms with Crippen molar-refractivity contribution in [1.29, 1.82) is 0 Å². The Morgan fingerprint density at radius 1 is 0.762 bits per heavy atom. The molecule has 14 heteroatoms. The summed E-state index contributed by atoms with van der Waals surface area (Å²) in [6.07, 6.45) is -1.15. The lowest BCUT2D eigenvalue weighted by Crippen LogP contribution is -2.10. The molecule has 0 fully saturated rings. The highest BCUT2D eigenvalue weighted by Gasteiger charge is 2.31. The zero-order chi connectivity index (χ0) is 31.5. The van der Waals surface area contributed by atoms with E-state index in [9.17, 15) is 30.0 Å². The zero-order valence-electron chi connectivity index (χ0n) is 23.5. The molecule has 3 rings (SSSR count). The van der Waals surface area contributed by atoms with Gasteiger partial charge in [-0.3, -0.25) is 0 Å². The van der Waals surface area contributed by atoms with Gasteiger partial charge in [-0.05, 0) is 61.4 Å². The van der Waals surface area contributed by atoms with E-state index in [-0.39, 0.29) is 57.6 Å². The summed E-state index contributed by atoms with van der Waals surface area (Å²) in [5.74, 6) is -0.564. The molecule has 0 N–H and O–H groups in total. The van der Waals surface area contributed by atoms with Crippen LogP contribution < -0.4 is 22.6 Å². The number of hydrogen-bond acceptors (Lipinski definition) is 9. The molecule has 0 amide bonds. The van der Waals surface area contributed by atoms with E-state index in [0.29, 0.717) is 0 Å². The van der Waals surface area contributed by atoms with Crippen molar-refractivity contribution in [3.05, 3.63) is 65.7 Å². The fraction of sp³-hybridized carbons (Fsp3) is 0.286. The highest BCUT2D eigenvalue weighted by molar-refractivity contribution is 7.86. The average Bonchev–Trinajstić information content (AvgIpc) is 2.86. The molecular formula is C28H29F3O9S2. The molecule has 0 saturated carbocycles. The van der Waals surface area contributed by atoms with Crippen LogP contribution in [-0.4, -0.2) is 50.2 Å². The number of allylic oxidation sites excluding steroid dienone is 1. The summed E-state index contributed by atoms with van der Waals surface area (Å²) in [7, 11) is -5.71. The van der Waals surface area contributed by atoms with Crippen LogP contribution in [-0.2, 0) is 26.4 Å². The van der Waals surface area contributed by atoms with E-state index < -0.39 is 32.0 Å². The van der Waals surface area contributed by atoms with Gasteiger partial charge in [-0.2, -0.15) is 30.0 Å². The molecule has 0 aromatic heterocycles. The fourth-order valence-corrected chi connectivity index (χ4v) is 4.76. The maximum Gasteiger partial charge on any atom is 0.416 e. The van der Waals surface area contributed by atoms with Crippen molar-refractivity contribution in [2.75, 3.05) is 33.3 Å². The number of benzene rings is 3. The summed E-state index contributed by atoms with van der Waals surface area (Å²) in [5.41, 5.74) is 0.712. The molecule has 0 atom stereocenters. The van der Waals surface area contributed by atoms with Crippen LogP contribution >= 0.6 is 0 Å². The van der Waals surface area contributed by atoms with Gasteiger partial charge in [0.15, 0.2) is 23.0 Å². The second-order valence-corrected chi connectivity index (χ2v) is 12.4. The van der Waals surface area contributed by atoms with Crippen molar-refractivity contribution < 1.29 is 52.6 Å². The highest BCUT2D eigenvalue weighted by atomic mass is 32.2. The van der Waals surface area contributed by atoms with E-state index in [2.05, 4.69) is 0 Å². The molecule has 3 aromatic carbocycles. The van der Waals surface area contributed by atoms with Gasteiger partial charge in [0.1, 0.15) is 12.4 Å². The van der Waals surface area contributed by atoms with Crippen molar-refractivity contribution in [3.8, 4) is 51.0 Å². The topological polar surface area (TPSA) is 114 Å². The third-order valence-electron chi connectivity index (χ3n) is 5.59. The third kappa shape index (κ3) is 8.32. The van der Waals surface area contributed by atoms with Crippen LogP contribution in [0.15, 0.2) is 60.2 Å². The van der Waals surface area contributed by atoms with Gasteiger partial charge in [-0.25, -0.2) is 0 Å². The number of alkyl halides is 3. The molecule has 0 aliphatic heterocycles. The Bertz CT molecular complexity index is 1690. The molecule has 0 aliphatic carbocycles. The van der Waals surface area contributed by atoms with Gasteiger partial charge in [0, 0.05) is 5.56 Å². The summed E-state index contributed by atoms with van der Waals surface area (Å²) in [6, 6.07) is 9.78. The average molecular weight is 631 g/mol. The molecule has 228 valence electrons. The van der Waals surface area contributed by atoms with E-state index >= 15 is 0 Å². The minimum atomic E-state index is -4.57. The summed E-state index contributed by atoms with van der Waals surface area (Å²) < 4.78 is 116. The van der Waals surface area contributed by atoms with Crippen LogP contribution in [0.5, 0.6) is 28.7 Å². The second-order valence-electron chi connectivity index (χ2n) is 9.27. The van der Waals surface area contributed by atoms with Crippen LogP contribution in [0.25, 0.3) is 22.3 Å². The van der Waals surface area contributed by atoms with Gasteiger partial charge in [0.05, 0.1) is 37.9 Å². The minimum absolute atomic E-state index is 0.0321. The molecule has 0 saturated heterocycles. The summed E-state index contributed by atoms with van der Waals surface area (Å²) in [5, 5.41) is 0. The number of ether oxygens (including phenoxy) is 3. The first-order valence-corrected chi connectivity index (χ1v) is 15.7. The monoisotopic (exact) mass is 630 g/mol. The molecule has 42 heavy (non-hydrogen) atoms. The third-order valence-corrected chi connectivity index (χ3v) is 6.54. The number of halogens is 3. The molecule has 3 aromatic rings. The van der Waals surface area contributed by atoms with Gasteiger partial charge >= 0.3 is 26.4 Å². The summed E-state index contributed by atoms with van der Waals surface area (Å²) in [4.78, 5) is 0. The molecule has 0 spiro atoms. The van der Waals surface area contributed by atoms with Crippen LogP contribution in [0.4, 0.5) is 13.2 Å². The van der Waals surface area contributed by atoms with Gasteiger partial charge in [0.2, 0.25) is 0 Å². The predicted molar refractivity (Wildman–Crippen MR) is 151 cm³/mol. The van der Waals surface area contributed by atoms with Crippen molar-refractivity contribution in [2.45, 2.75) is 20.0 Å². The maximum atomic E-state index is 13.2. The Morgan fingerprint density at radius 2 is 1.36 bits per heavy atom. The van der Waals surface area contributed by atoms with Crippen molar-refractivity contribution >= 4 is 20.2 Å². The summed E-state index contributed by atoms with van der Waals surface area (Å²) >= 11 is 0. The fourth-order valence-electron chi connectivity index (χ4n) is 3.85. The molecule has 0 heterocycles. The Labute approximate surface area is 242 Å². The zero-order valence-corrected chi connectivity index (χ0v) is 25.2. The highest BCUT2D eigenvalue weighted by Crippen LogP contribution is 2.52. The maximum absolute atomic E-state index is 13.2. The van der Waals surface area contributed by atoms with Crippen molar-refractivity contribution in [3.63, 3.8) is 0 Å². The minimum Gasteiger partial charge on any atom is -0.496 e. The van der Waals surface area contributed by atoms with E-state index in [4.69, 9.17) is 22.6 Å². The van der Waals surface area contributed by atoms with E-state index in [1.54, 1.807) is 6.08 Å². The quantitative estimate of drug-likeness (QED) is 0.184. The second kappa shape index (κ2) is 12.5. The van der Waals surface area contributed by atoms with Crippen molar-refractivity contribution in [1.82, 2.24) is 0 Å². The van der Waals surface area contributed by atoms with Crippen LogP contribution in [0.1, 0.15) is 19.4 Å². The molecule has 0 aliphatic rings. The normalized spacial score (nSPS) is 11.9. The van der Waals surface area contributed by atoms with E-state index in [1.807, 2.05) is 13.8 Å². The van der Waals surface area contributed by atoms with E-state index in [1.165, 1.54) is 50.6 Å².